The van der Waals surface area contributed by atoms with E-state index in [-0.39, 0.29) is 24.4 Å². The Hall–Kier alpha value is -2.37. The Labute approximate surface area is 118 Å². The van der Waals surface area contributed by atoms with Crippen LogP contribution in [-0.4, -0.2) is 20.7 Å². The fourth-order valence-electron chi connectivity index (χ4n) is 2.05. The monoisotopic (exact) mass is 273 g/mol. The van der Waals surface area contributed by atoms with Gasteiger partial charge in [-0.15, -0.1) is 5.10 Å². The van der Waals surface area contributed by atoms with Gasteiger partial charge in [0.1, 0.15) is 12.9 Å². The highest BCUT2D eigenvalue weighted by atomic mass is 16.2. The van der Waals surface area contributed by atoms with Crippen LogP contribution in [0.5, 0.6) is 0 Å². The zero-order valence-corrected chi connectivity index (χ0v) is 11.7. The first-order chi connectivity index (χ1) is 9.56. The van der Waals surface area contributed by atoms with Gasteiger partial charge in [-0.05, 0) is 11.5 Å². The van der Waals surface area contributed by atoms with Crippen molar-refractivity contribution < 1.29 is 4.79 Å². The van der Waals surface area contributed by atoms with Gasteiger partial charge in [0.2, 0.25) is 11.9 Å². The second-order valence-corrected chi connectivity index (χ2v) is 5.00. The quantitative estimate of drug-likeness (QED) is 0.861. The predicted octanol–water partition coefficient (Wildman–Crippen LogP) is 1.37. The van der Waals surface area contributed by atoms with Gasteiger partial charge in [0.25, 0.3) is 0 Å². The summed E-state index contributed by atoms with van der Waals surface area (Å²) in [6.45, 7) is 4.26. The van der Waals surface area contributed by atoms with Gasteiger partial charge in [-0.25, -0.2) is 9.67 Å². The van der Waals surface area contributed by atoms with Gasteiger partial charge in [0.05, 0.1) is 6.04 Å². The number of nitrogens with two attached hydrogens (primary N) is 1. The van der Waals surface area contributed by atoms with Crippen LogP contribution in [0.4, 0.5) is 5.95 Å². The van der Waals surface area contributed by atoms with Crippen LogP contribution in [0.1, 0.15) is 25.5 Å². The highest BCUT2D eigenvalue weighted by molar-refractivity contribution is 5.76. The second-order valence-electron chi connectivity index (χ2n) is 5.00. The van der Waals surface area contributed by atoms with E-state index in [9.17, 15) is 4.79 Å². The van der Waals surface area contributed by atoms with Crippen molar-refractivity contribution in [2.45, 2.75) is 26.4 Å². The number of rotatable bonds is 5. The third-order valence-electron chi connectivity index (χ3n) is 3.00. The zero-order chi connectivity index (χ0) is 14.5. The van der Waals surface area contributed by atoms with Gasteiger partial charge in [0, 0.05) is 0 Å². The molecule has 0 spiro atoms. The van der Waals surface area contributed by atoms with Crippen LogP contribution >= 0.6 is 0 Å². The third kappa shape index (κ3) is 3.57. The van der Waals surface area contributed by atoms with Crippen LogP contribution in [0.3, 0.4) is 0 Å². The number of nitrogens with one attached hydrogen (secondary N) is 1. The molecule has 1 amide bonds. The lowest BCUT2D eigenvalue weighted by Gasteiger charge is -2.22. The minimum absolute atomic E-state index is 0.0235. The van der Waals surface area contributed by atoms with E-state index in [0.29, 0.717) is 5.92 Å². The first-order valence-corrected chi connectivity index (χ1v) is 6.55. The minimum atomic E-state index is -0.113. The zero-order valence-electron chi connectivity index (χ0n) is 11.7. The van der Waals surface area contributed by atoms with Crippen molar-refractivity contribution in [3.63, 3.8) is 0 Å². The van der Waals surface area contributed by atoms with E-state index in [1.54, 1.807) is 0 Å². The SMILES string of the molecule is CC(C)C(NC(=O)Cn1cnc(N)n1)c1ccccc1. The Balaban J connectivity index is 2.03. The van der Waals surface area contributed by atoms with Gasteiger partial charge in [-0.3, -0.25) is 4.79 Å². The van der Waals surface area contributed by atoms with E-state index in [4.69, 9.17) is 5.73 Å². The molecule has 1 heterocycles. The lowest BCUT2D eigenvalue weighted by molar-refractivity contribution is -0.122. The van der Waals surface area contributed by atoms with Crippen LogP contribution in [0, 0.1) is 5.92 Å². The van der Waals surface area contributed by atoms with Crippen LogP contribution in [0.2, 0.25) is 0 Å². The van der Waals surface area contributed by atoms with Gasteiger partial charge in [-0.1, -0.05) is 44.2 Å². The molecule has 20 heavy (non-hydrogen) atoms. The molecular formula is C14H19N5O. The molecule has 2 rings (SSSR count). The van der Waals surface area contributed by atoms with Gasteiger partial charge in [-0.2, -0.15) is 0 Å². The first-order valence-electron chi connectivity index (χ1n) is 6.55. The number of carbonyl (C=O) groups excluding carboxylic acids is 1. The highest BCUT2D eigenvalue weighted by Gasteiger charge is 2.18. The standard InChI is InChI=1S/C14H19N5O/c1-10(2)13(11-6-4-3-5-7-11)17-12(20)8-19-9-16-14(15)18-19/h3-7,9-10,13H,8H2,1-2H3,(H2,15,18)(H,17,20). The second kappa shape index (κ2) is 6.18. The molecule has 2 aromatic rings. The maximum Gasteiger partial charge on any atom is 0.242 e. The summed E-state index contributed by atoms with van der Waals surface area (Å²) in [4.78, 5) is 15.9. The maximum absolute atomic E-state index is 12.1. The van der Waals surface area contributed by atoms with E-state index in [1.165, 1.54) is 11.0 Å². The summed E-state index contributed by atoms with van der Waals surface area (Å²) in [5, 5.41) is 6.92. The summed E-state index contributed by atoms with van der Waals surface area (Å²) < 4.78 is 1.42. The van der Waals surface area contributed by atoms with Gasteiger partial charge in [0.15, 0.2) is 0 Å². The number of benzene rings is 1. The Morgan fingerprint density at radius 2 is 2.05 bits per heavy atom. The van der Waals surface area contributed by atoms with Crippen molar-refractivity contribution in [3.8, 4) is 0 Å². The molecule has 0 fully saturated rings. The lowest BCUT2D eigenvalue weighted by Crippen LogP contribution is -2.34. The van der Waals surface area contributed by atoms with Crippen molar-refractivity contribution in [2.24, 2.45) is 5.92 Å². The summed E-state index contributed by atoms with van der Waals surface area (Å²) in [7, 11) is 0. The Bertz CT molecular complexity index is 564. The minimum Gasteiger partial charge on any atom is -0.367 e. The van der Waals surface area contributed by atoms with E-state index in [0.717, 1.165) is 5.56 Å². The summed E-state index contributed by atoms with van der Waals surface area (Å²) >= 11 is 0. The molecule has 1 aromatic carbocycles. The largest absolute Gasteiger partial charge is 0.367 e. The molecule has 0 aliphatic heterocycles. The fraction of sp³-hybridized carbons (Fsp3) is 0.357. The van der Waals surface area contributed by atoms with Crippen LogP contribution < -0.4 is 11.1 Å². The topological polar surface area (TPSA) is 85.8 Å². The Kier molecular flexibility index (Phi) is 4.34. The molecule has 1 unspecified atom stereocenters. The highest BCUT2D eigenvalue weighted by Crippen LogP contribution is 2.21. The summed E-state index contributed by atoms with van der Waals surface area (Å²) in [5.74, 6) is 0.348. The molecule has 3 N–H and O–H groups in total. The molecule has 1 aromatic heterocycles. The number of nitrogen functional groups attached to an aromatic ring is 1. The maximum atomic E-state index is 12.1. The average molecular weight is 273 g/mol. The third-order valence-corrected chi connectivity index (χ3v) is 3.00. The molecule has 0 aliphatic rings. The summed E-state index contributed by atoms with van der Waals surface area (Å²) in [6, 6.07) is 9.89. The number of hydrogen-bond acceptors (Lipinski definition) is 4. The molecule has 0 saturated heterocycles. The molecule has 0 saturated carbocycles. The number of nitrogens with zero attached hydrogens (tertiary/aromatic N) is 3. The van der Waals surface area contributed by atoms with Crippen molar-refractivity contribution in [3.05, 3.63) is 42.2 Å². The van der Waals surface area contributed by atoms with E-state index in [2.05, 4.69) is 29.2 Å². The van der Waals surface area contributed by atoms with Crippen molar-refractivity contribution >= 4 is 11.9 Å². The van der Waals surface area contributed by atoms with Gasteiger partial charge >= 0.3 is 0 Å². The molecule has 1 atom stereocenters. The molecule has 0 radical (unpaired) electrons. The smallest absolute Gasteiger partial charge is 0.242 e. The lowest BCUT2D eigenvalue weighted by atomic mass is 9.96. The molecule has 0 aliphatic carbocycles. The molecule has 6 nitrogen and oxygen atoms in total. The molecule has 106 valence electrons. The molecule has 0 bridgehead atoms. The number of aromatic nitrogens is 3. The van der Waals surface area contributed by atoms with Crippen molar-refractivity contribution in [1.82, 2.24) is 20.1 Å². The van der Waals surface area contributed by atoms with E-state index in [1.807, 2.05) is 30.3 Å². The number of amides is 1. The summed E-state index contributed by atoms with van der Waals surface area (Å²) in [5.41, 5.74) is 6.51. The van der Waals surface area contributed by atoms with Crippen molar-refractivity contribution in [1.29, 1.82) is 0 Å². The molecular weight excluding hydrogens is 254 g/mol. The van der Waals surface area contributed by atoms with E-state index < -0.39 is 0 Å². The fourth-order valence-corrected chi connectivity index (χ4v) is 2.05. The number of hydrogen-bond donors (Lipinski definition) is 2. The average Bonchev–Trinajstić information content (AvgIpc) is 2.82. The van der Waals surface area contributed by atoms with Gasteiger partial charge < -0.3 is 11.1 Å². The van der Waals surface area contributed by atoms with Crippen LogP contribution in [0.15, 0.2) is 36.7 Å². The predicted molar refractivity (Wildman–Crippen MR) is 76.6 cm³/mol. The van der Waals surface area contributed by atoms with Crippen molar-refractivity contribution in [2.75, 3.05) is 5.73 Å². The number of carbonyl (C=O) groups is 1. The van der Waals surface area contributed by atoms with E-state index >= 15 is 0 Å². The van der Waals surface area contributed by atoms with Crippen LogP contribution in [0.25, 0.3) is 0 Å². The molecule has 6 heteroatoms. The number of anilines is 1. The summed E-state index contributed by atoms with van der Waals surface area (Å²) in [6.07, 6.45) is 1.45. The normalized spacial score (nSPS) is 12.3. The Morgan fingerprint density at radius 1 is 1.35 bits per heavy atom. The Morgan fingerprint density at radius 3 is 2.60 bits per heavy atom. The van der Waals surface area contributed by atoms with Crippen LogP contribution in [-0.2, 0) is 11.3 Å². The first kappa shape index (κ1) is 14.0.